The van der Waals surface area contributed by atoms with Gasteiger partial charge in [-0.25, -0.2) is 9.97 Å². The van der Waals surface area contributed by atoms with Gasteiger partial charge in [-0.15, -0.1) is 0 Å². The number of anilines is 1. The Labute approximate surface area is 241 Å². The Morgan fingerprint density at radius 3 is 2.61 bits per heavy atom. The largest absolute Gasteiger partial charge is 0.372 e. The second kappa shape index (κ2) is 11.5. The van der Waals surface area contributed by atoms with Crippen LogP contribution in [0.2, 0.25) is 0 Å². The average molecular weight is 551 g/mol. The molecule has 0 spiro atoms. The van der Waals surface area contributed by atoms with Gasteiger partial charge in [-0.1, -0.05) is 12.1 Å². The molecule has 2 fully saturated rings. The number of hydrogen-bond donors (Lipinski definition) is 1. The minimum atomic E-state index is -0.0942. The van der Waals surface area contributed by atoms with E-state index in [0.717, 1.165) is 59.9 Å². The number of hydrogen-bond acceptors (Lipinski definition) is 7. The minimum Gasteiger partial charge on any atom is -0.372 e. The molecule has 4 aromatic rings. The summed E-state index contributed by atoms with van der Waals surface area (Å²) in [6, 6.07) is 18.4. The smallest absolute Gasteiger partial charge is 0.251 e. The molecule has 212 valence electrons. The number of aromatic nitrogens is 3. The summed E-state index contributed by atoms with van der Waals surface area (Å²) in [5.74, 6) is 0.839. The van der Waals surface area contributed by atoms with E-state index < -0.39 is 0 Å². The fourth-order valence-corrected chi connectivity index (χ4v) is 6.12. The van der Waals surface area contributed by atoms with Crippen molar-refractivity contribution in [2.45, 2.75) is 58.4 Å². The topological polar surface area (TPSA) is 83.5 Å². The number of amides is 1. The second-order valence-corrected chi connectivity index (χ2v) is 11.5. The molecule has 8 heteroatoms. The first kappa shape index (κ1) is 27.3. The molecule has 2 saturated heterocycles. The first-order valence-corrected chi connectivity index (χ1v) is 14.6. The monoisotopic (exact) mass is 550 g/mol. The Morgan fingerprint density at radius 2 is 1.83 bits per heavy atom. The highest BCUT2D eigenvalue weighted by Gasteiger charge is 2.25. The van der Waals surface area contributed by atoms with Crippen LogP contribution in [0, 0.1) is 6.92 Å². The van der Waals surface area contributed by atoms with Crippen LogP contribution in [0.4, 0.5) is 5.82 Å². The lowest BCUT2D eigenvalue weighted by molar-refractivity contribution is -0.00545. The highest BCUT2D eigenvalue weighted by atomic mass is 16.5. The fraction of sp³-hybridized carbons (Fsp3) is 0.394. The SMILES string of the molecule is Cc1ccc(C(=O)NCc2cc3nc(-c4cccc(N5C[C@@H](C)O[C@@H](C)C5)n4)ccc3cn2)cc1[C@@H]1CCCN1C. The molecule has 0 aliphatic carbocycles. The summed E-state index contributed by atoms with van der Waals surface area (Å²) in [4.78, 5) is 32.2. The van der Waals surface area contributed by atoms with Crippen molar-refractivity contribution in [2.24, 2.45) is 0 Å². The fourth-order valence-electron chi connectivity index (χ4n) is 6.12. The molecule has 0 radical (unpaired) electrons. The number of aryl methyl sites for hydroxylation is 1. The molecule has 0 bridgehead atoms. The van der Waals surface area contributed by atoms with Crippen molar-refractivity contribution in [3.63, 3.8) is 0 Å². The van der Waals surface area contributed by atoms with Crippen LogP contribution in [0.25, 0.3) is 22.3 Å². The van der Waals surface area contributed by atoms with Crippen LogP contribution in [0.3, 0.4) is 0 Å². The van der Waals surface area contributed by atoms with Crippen molar-refractivity contribution >= 4 is 22.6 Å². The van der Waals surface area contributed by atoms with Crippen LogP contribution < -0.4 is 10.2 Å². The van der Waals surface area contributed by atoms with E-state index in [0.29, 0.717) is 18.2 Å². The van der Waals surface area contributed by atoms with Gasteiger partial charge >= 0.3 is 0 Å². The van der Waals surface area contributed by atoms with Crippen molar-refractivity contribution in [1.29, 1.82) is 0 Å². The molecule has 3 aromatic heterocycles. The number of rotatable bonds is 6. The summed E-state index contributed by atoms with van der Waals surface area (Å²) < 4.78 is 5.89. The standard InChI is InChI=1S/C33H38N6O2/c1-21-10-11-24(15-27(21)31-8-6-14-38(31)4)33(40)35-18-26-16-30-25(17-34-26)12-13-29(36-30)28-7-5-9-32(37-28)39-19-22(2)41-23(3)20-39/h5,7,9-13,15-17,22-23,31H,6,8,14,18-20H2,1-4H3,(H,35,40)/t22-,23+,31-/m0/s1. The molecule has 1 aromatic carbocycles. The van der Waals surface area contributed by atoms with Gasteiger partial charge in [0.2, 0.25) is 0 Å². The first-order chi connectivity index (χ1) is 19.8. The van der Waals surface area contributed by atoms with Gasteiger partial charge in [0, 0.05) is 36.3 Å². The Morgan fingerprint density at radius 1 is 1.02 bits per heavy atom. The Kier molecular flexibility index (Phi) is 7.69. The van der Waals surface area contributed by atoms with Gasteiger partial charge in [0.15, 0.2) is 0 Å². The molecular weight excluding hydrogens is 512 g/mol. The summed E-state index contributed by atoms with van der Waals surface area (Å²) in [5, 5.41) is 4.00. The average Bonchev–Trinajstić information content (AvgIpc) is 3.40. The quantitative estimate of drug-likeness (QED) is 0.348. The van der Waals surface area contributed by atoms with E-state index in [4.69, 9.17) is 14.7 Å². The maximum absolute atomic E-state index is 13.1. The summed E-state index contributed by atoms with van der Waals surface area (Å²) in [5.41, 5.74) is 6.37. The second-order valence-electron chi connectivity index (χ2n) is 11.5. The molecule has 5 heterocycles. The van der Waals surface area contributed by atoms with Crippen molar-refractivity contribution in [3.05, 3.63) is 83.2 Å². The third-order valence-electron chi connectivity index (χ3n) is 8.22. The number of ether oxygens (including phenoxy) is 1. The van der Waals surface area contributed by atoms with Gasteiger partial charge in [0.25, 0.3) is 5.91 Å². The number of carbonyl (C=O) groups is 1. The third kappa shape index (κ3) is 5.94. The maximum atomic E-state index is 13.1. The highest BCUT2D eigenvalue weighted by Crippen LogP contribution is 2.33. The van der Waals surface area contributed by atoms with Crippen LogP contribution in [0.5, 0.6) is 0 Å². The minimum absolute atomic E-state index is 0.0942. The zero-order chi connectivity index (χ0) is 28.5. The summed E-state index contributed by atoms with van der Waals surface area (Å²) >= 11 is 0. The lowest BCUT2D eigenvalue weighted by Crippen LogP contribution is -2.45. The lowest BCUT2D eigenvalue weighted by Gasteiger charge is -2.36. The number of morpholine rings is 1. The number of carbonyl (C=O) groups excluding carboxylic acids is 1. The van der Waals surface area contributed by atoms with Crippen LogP contribution >= 0.6 is 0 Å². The highest BCUT2D eigenvalue weighted by molar-refractivity contribution is 5.94. The Balaban J connectivity index is 1.18. The van der Waals surface area contributed by atoms with E-state index in [2.05, 4.69) is 60.1 Å². The van der Waals surface area contributed by atoms with Gasteiger partial charge in [-0.3, -0.25) is 14.7 Å². The maximum Gasteiger partial charge on any atom is 0.251 e. The number of pyridine rings is 3. The Hall–Kier alpha value is -3.88. The van der Waals surface area contributed by atoms with E-state index in [1.807, 2.05) is 48.7 Å². The van der Waals surface area contributed by atoms with Gasteiger partial charge < -0.3 is 15.0 Å². The summed E-state index contributed by atoms with van der Waals surface area (Å²) in [7, 11) is 2.16. The van der Waals surface area contributed by atoms with E-state index in [9.17, 15) is 4.79 Å². The summed E-state index contributed by atoms with van der Waals surface area (Å²) in [6.45, 7) is 9.37. The molecule has 3 atom stereocenters. The molecule has 1 N–H and O–H groups in total. The predicted octanol–water partition coefficient (Wildman–Crippen LogP) is 5.31. The van der Waals surface area contributed by atoms with Crippen LogP contribution in [0.15, 0.2) is 60.8 Å². The van der Waals surface area contributed by atoms with Gasteiger partial charge in [-0.05, 0) is 101 Å². The predicted molar refractivity (Wildman–Crippen MR) is 162 cm³/mol. The molecule has 0 unspecified atom stereocenters. The number of nitrogens with zero attached hydrogens (tertiary/aromatic N) is 5. The van der Waals surface area contributed by atoms with Crippen molar-refractivity contribution in [3.8, 4) is 11.4 Å². The van der Waals surface area contributed by atoms with E-state index in [1.165, 1.54) is 17.5 Å². The number of nitrogens with one attached hydrogen (secondary N) is 1. The van der Waals surface area contributed by atoms with Crippen molar-refractivity contribution in [2.75, 3.05) is 31.6 Å². The molecule has 0 saturated carbocycles. The van der Waals surface area contributed by atoms with Crippen LogP contribution in [0.1, 0.15) is 59.9 Å². The zero-order valence-electron chi connectivity index (χ0n) is 24.3. The summed E-state index contributed by atoms with van der Waals surface area (Å²) in [6.07, 6.45) is 4.46. The van der Waals surface area contributed by atoms with Gasteiger partial charge in [-0.2, -0.15) is 0 Å². The third-order valence-corrected chi connectivity index (χ3v) is 8.22. The Bertz CT molecular complexity index is 1560. The van der Waals surface area contributed by atoms with E-state index in [1.54, 1.807) is 0 Å². The lowest BCUT2D eigenvalue weighted by atomic mass is 9.96. The normalized spacial score (nSPS) is 21.4. The molecule has 2 aliphatic heterocycles. The molecule has 2 aliphatic rings. The van der Waals surface area contributed by atoms with Gasteiger partial charge in [0.05, 0.1) is 41.4 Å². The first-order valence-electron chi connectivity index (χ1n) is 14.6. The number of benzene rings is 1. The number of likely N-dealkylation sites (tertiary alicyclic amines) is 1. The van der Waals surface area contributed by atoms with Crippen molar-refractivity contribution in [1.82, 2.24) is 25.2 Å². The number of fused-ring (bicyclic) bond motifs is 1. The molecule has 1 amide bonds. The van der Waals surface area contributed by atoms with E-state index >= 15 is 0 Å². The van der Waals surface area contributed by atoms with Crippen LogP contribution in [-0.4, -0.2) is 64.6 Å². The molecule has 41 heavy (non-hydrogen) atoms. The molecule has 8 nitrogen and oxygen atoms in total. The van der Waals surface area contributed by atoms with Crippen molar-refractivity contribution < 1.29 is 9.53 Å². The molecular formula is C33H38N6O2. The molecule has 6 rings (SSSR count). The van der Waals surface area contributed by atoms with E-state index in [-0.39, 0.29) is 18.1 Å². The zero-order valence-corrected chi connectivity index (χ0v) is 24.3. The van der Waals surface area contributed by atoms with Gasteiger partial charge in [0.1, 0.15) is 5.82 Å². The van der Waals surface area contributed by atoms with Crippen LogP contribution in [-0.2, 0) is 11.3 Å².